The Balaban J connectivity index is 1.42. The third kappa shape index (κ3) is 3.66. The van der Waals surface area contributed by atoms with Gasteiger partial charge >= 0.3 is 0 Å². The third-order valence-corrected chi connectivity index (χ3v) is 4.15. The van der Waals surface area contributed by atoms with Crippen molar-refractivity contribution in [3.05, 3.63) is 60.6 Å². The molecule has 7 heteroatoms. The first-order chi connectivity index (χ1) is 12.8. The first kappa shape index (κ1) is 16.1. The molecule has 0 spiro atoms. The van der Waals surface area contributed by atoms with Gasteiger partial charge in [-0.3, -0.25) is 4.98 Å². The van der Waals surface area contributed by atoms with Crippen LogP contribution in [0.15, 0.2) is 55.0 Å². The van der Waals surface area contributed by atoms with Crippen LogP contribution in [0, 0.1) is 0 Å². The Kier molecular flexibility index (Phi) is 4.51. The molecule has 1 N–H and O–H groups in total. The predicted molar refractivity (Wildman–Crippen MR) is 99.1 cm³/mol. The van der Waals surface area contributed by atoms with E-state index in [1.165, 1.54) is 5.56 Å². The third-order valence-electron chi connectivity index (χ3n) is 4.15. The lowest BCUT2D eigenvalue weighted by Gasteiger charge is -2.18. The fourth-order valence-corrected chi connectivity index (χ4v) is 2.69. The average molecular weight is 349 g/mol. The van der Waals surface area contributed by atoms with Crippen molar-refractivity contribution in [2.75, 3.05) is 30.6 Å². The van der Waals surface area contributed by atoms with E-state index >= 15 is 0 Å². The van der Waals surface area contributed by atoms with Crippen molar-refractivity contribution in [3.63, 3.8) is 0 Å². The summed E-state index contributed by atoms with van der Waals surface area (Å²) in [7, 11) is 2.02. The van der Waals surface area contributed by atoms with Crippen molar-refractivity contribution in [2.45, 2.75) is 6.42 Å². The highest BCUT2D eigenvalue weighted by atomic mass is 16.7. The minimum absolute atomic E-state index is 0.257. The van der Waals surface area contributed by atoms with Gasteiger partial charge in [-0.15, -0.1) is 0 Å². The lowest BCUT2D eigenvalue weighted by molar-refractivity contribution is 0.174. The highest BCUT2D eigenvalue weighted by Gasteiger charge is 2.13. The summed E-state index contributed by atoms with van der Waals surface area (Å²) in [6, 6.07) is 11.6. The summed E-state index contributed by atoms with van der Waals surface area (Å²) in [6.45, 7) is 1.11. The maximum absolute atomic E-state index is 5.40. The molecule has 0 unspecified atom stereocenters. The highest BCUT2D eigenvalue weighted by Crippen LogP contribution is 2.34. The van der Waals surface area contributed by atoms with Gasteiger partial charge in [0.15, 0.2) is 11.5 Å². The molecular formula is C19H19N5O2. The number of nitrogens with one attached hydrogen (secondary N) is 1. The first-order valence-electron chi connectivity index (χ1n) is 8.38. The van der Waals surface area contributed by atoms with E-state index in [4.69, 9.17) is 9.47 Å². The summed E-state index contributed by atoms with van der Waals surface area (Å²) >= 11 is 0. The molecule has 26 heavy (non-hydrogen) atoms. The molecule has 1 aromatic carbocycles. The zero-order valence-corrected chi connectivity index (χ0v) is 14.4. The number of pyridine rings is 1. The quantitative estimate of drug-likeness (QED) is 0.733. The molecule has 4 rings (SSSR count). The summed E-state index contributed by atoms with van der Waals surface area (Å²) in [5.41, 5.74) is 2.10. The molecule has 0 saturated heterocycles. The Morgan fingerprint density at radius 3 is 2.77 bits per heavy atom. The Labute approximate surface area is 151 Å². The number of likely N-dealkylation sites (N-methyl/N-ethyl adjacent to an activating group) is 1. The van der Waals surface area contributed by atoms with Crippen molar-refractivity contribution >= 4 is 17.5 Å². The number of aromatic nitrogens is 3. The van der Waals surface area contributed by atoms with Crippen LogP contribution in [0.4, 0.5) is 17.5 Å². The van der Waals surface area contributed by atoms with Gasteiger partial charge < -0.3 is 19.7 Å². The van der Waals surface area contributed by atoms with E-state index in [0.29, 0.717) is 5.95 Å². The van der Waals surface area contributed by atoms with Gasteiger partial charge in [-0.05, 0) is 42.3 Å². The van der Waals surface area contributed by atoms with E-state index in [2.05, 4.69) is 25.2 Å². The van der Waals surface area contributed by atoms with Crippen molar-refractivity contribution < 1.29 is 9.47 Å². The van der Waals surface area contributed by atoms with E-state index < -0.39 is 0 Å². The Bertz CT molecular complexity index is 888. The van der Waals surface area contributed by atoms with Gasteiger partial charge in [0.05, 0.1) is 0 Å². The van der Waals surface area contributed by atoms with Crippen LogP contribution in [-0.4, -0.2) is 35.3 Å². The molecule has 0 amide bonds. The fourth-order valence-electron chi connectivity index (χ4n) is 2.69. The number of hydrogen-bond acceptors (Lipinski definition) is 7. The van der Waals surface area contributed by atoms with Gasteiger partial charge in [0, 0.05) is 43.9 Å². The normalized spacial score (nSPS) is 12.0. The molecule has 0 bridgehead atoms. The Morgan fingerprint density at radius 2 is 1.88 bits per heavy atom. The molecule has 0 atom stereocenters. The van der Waals surface area contributed by atoms with Gasteiger partial charge in [0.2, 0.25) is 12.7 Å². The Morgan fingerprint density at radius 1 is 1.04 bits per heavy atom. The molecule has 132 valence electrons. The molecule has 2 aromatic heterocycles. The van der Waals surface area contributed by atoms with E-state index in [9.17, 15) is 0 Å². The molecule has 0 radical (unpaired) electrons. The fraction of sp³-hybridized carbons (Fsp3) is 0.211. The monoisotopic (exact) mass is 349 g/mol. The van der Waals surface area contributed by atoms with Crippen LogP contribution in [0.3, 0.4) is 0 Å². The second kappa shape index (κ2) is 7.26. The molecule has 1 aliphatic heterocycles. The van der Waals surface area contributed by atoms with Crippen molar-refractivity contribution in [1.29, 1.82) is 0 Å². The molecular weight excluding hydrogens is 330 g/mol. The molecule has 0 saturated carbocycles. The van der Waals surface area contributed by atoms with Crippen molar-refractivity contribution in [2.24, 2.45) is 0 Å². The molecule has 0 fully saturated rings. The number of hydrogen-bond donors (Lipinski definition) is 1. The largest absolute Gasteiger partial charge is 0.454 e. The van der Waals surface area contributed by atoms with Crippen molar-refractivity contribution in [1.82, 2.24) is 15.0 Å². The van der Waals surface area contributed by atoms with Crippen LogP contribution in [0.25, 0.3) is 0 Å². The lowest BCUT2D eigenvalue weighted by Crippen LogP contribution is -2.21. The smallest absolute Gasteiger partial charge is 0.231 e. The molecule has 1 aliphatic rings. The number of rotatable bonds is 6. The number of fused-ring (bicyclic) bond motifs is 1. The molecule has 3 aromatic rings. The second-order valence-corrected chi connectivity index (χ2v) is 5.96. The van der Waals surface area contributed by atoms with Gasteiger partial charge in [0.1, 0.15) is 5.82 Å². The zero-order valence-electron chi connectivity index (χ0n) is 14.4. The van der Waals surface area contributed by atoms with Gasteiger partial charge in [-0.2, -0.15) is 4.98 Å². The Hall–Kier alpha value is -3.35. The number of benzene rings is 1. The lowest BCUT2D eigenvalue weighted by atomic mass is 10.2. The van der Waals surface area contributed by atoms with Gasteiger partial charge in [-0.1, -0.05) is 0 Å². The first-order valence-corrected chi connectivity index (χ1v) is 8.38. The van der Waals surface area contributed by atoms with E-state index in [0.717, 1.165) is 36.0 Å². The number of anilines is 3. The zero-order chi connectivity index (χ0) is 17.8. The molecule has 3 heterocycles. The van der Waals surface area contributed by atoms with Gasteiger partial charge in [-0.25, -0.2) is 4.98 Å². The number of nitrogens with zero attached hydrogens (tertiary/aromatic N) is 4. The van der Waals surface area contributed by atoms with E-state index in [1.54, 1.807) is 6.20 Å². The average Bonchev–Trinajstić information content (AvgIpc) is 3.15. The SMILES string of the molecule is CN(CCc1ccncc1)c1ccnc(Nc2ccc3c(c2)OCO3)n1. The second-order valence-electron chi connectivity index (χ2n) is 5.96. The maximum atomic E-state index is 5.40. The van der Waals surface area contributed by atoms with Crippen molar-refractivity contribution in [3.8, 4) is 11.5 Å². The highest BCUT2D eigenvalue weighted by molar-refractivity contribution is 5.61. The summed E-state index contributed by atoms with van der Waals surface area (Å²) in [4.78, 5) is 15.0. The van der Waals surface area contributed by atoms with E-state index in [-0.39, 0.29) is 6.79 Å². The maximum Gasteiger partial charge on any atom is 0.231 e. The predicted octanol–water partition coefficient (Wildman–Crippen LogP) is 3.02. The van der Waals surface area contributed by atoms with Crippen LogP contribution in [0.5, 0.6) is 11.5 Å². The number of ether oxygens (including phenoxy) is 2. The van der Waals surface area contributed by atoms with Crippen LogP contribution in [0.2, 0.25) is 0 Å². The van der Waals surface area contributed by atoms with E-state index in [1.807, 2.05) is 55.8 Å². The summed E-state index contributed by atoms with van der Waals surface area (Å²) in [6.07, 6.45) is 6.30. The van der Waals surface area contributed by atoms with Crippen LogP contribution < -0.4 is 19.7 Å². The van der Waals surface area contributed by atoms with Crippen LogP contribution in [-0.2, 0) is 6.42 Å². The summed E-state index contributed by atoms with van der Waals surface area (Å²) in [5.74, 6) is 2.87. The molecule has 0 aliphatic carbocycles. The molecule has 7 nitrogen and oxygen atoms in total. The topological polar surface area (TPSA) is 72.4 Å². The summed E-state index contributed by atoms with van der Waals surface area (Å²) in [5, 5.41) is 3.21. The minimum Gasteiger partial charge on any atom is -0.454 e. The minimum atomic E-state index is 0.257. The van der Waals surface area contributed by atoms with Crippen LogP contribution in [0.1, 0.15) is 5.56 Å². The van der Waals surface area contributed by atoms with Crippen LogP contribution >= 0.6 is 0 Å². The standard InChI is InChI=1S/C19H19N5O2/c1-24(11-7-14-4-8-20-9-5-14)18-6-10-21-19(23-18)22-15-2-3-16-17(12-15)26-13-25-16/h2-6,8-10,12H,7,11,13H2,1H3,(H,21,22,23). The van der Waals surface area contributed by atoms with Gasteiger partial charge in [0.25, 0.3) is 0 Å². The summed E-state index contributed by atoms with van der Waals surface area (Å²) < 4.78 is 10.7.